The lowest BCUT2D eigenvalue weighted by Gasteiger charge is -2.32. The Morgan fingerprint density at radius 3 is 2.79 bits per heavy atom. The second-order valence-corrected chi connectivity index (χ2v) is 5.68. The fourth-order valence-electron chi connectivity index (χ4n) is 2.48. The van der Waals surface area contributed by atoms with Crippen LogP contribution in [0.25, 0.3) is 0 Å². The van der Waals surface area contributed by atoms with Crippen LogP contribution in [0.5, 0.6) is 0 Å². The summed E-state index contributed by atoms with van der Waals surface area (Å²) < 4.78 is 0. The van der Waals surface area contributed by atoms with E-state index in [-0.39, 0.29) is 11.8 Å². The first-order valence-corrected chi connectivity index (χ1v) is 8.47. The molecule has 1 aliphatic rings. The SMILES string of the molecule is CC#CCN(C=O)c1c(NCCC)nc(Cl)nc1N1CCNCC1. The molecule has 0 bridgehead atoms. The van der Waals surface area contributed by atoms with E-state index in [9.17, 15) is 4.79 Å². The van der Waals surface area contributed by atoms with Gasteiger partial charge in [-0.25, -0.2) is 0 Å². The van der Waals surface area contributed by atoms with Crippen molar-refractivity contribution >= 4 is 35.3 Å². The summed E-state index contributed by atoms with van der Waals surface area (Å²) in [5.74, 6) is 6.97. The van der Waals surface area contributed by atoms with E-state index in [1.807, 2.05) is 0 Å². The molecular weight excluding hydrogens is 328 g/mol. The lowest BCUT2D eigenvalue weighted by molar-refractivity contribution is -0.107. The predicted molar refractivity (Wildman–Crippen MR) is 97.8 cm³/mol. The molecule has 2 N–H and O–H groups in total. The highest BCUT2D eigenvalue weighted by atomic mass is 35.5. The van der Waals surface area contributed by atoms with E-state index < -0.39 is 0 Å². The van der Waals surface area contributed by atoms with Gasteiger partial charge in [0.25, 0.3) is 0 Å². The Bertz CT molecular complexity index is 621. The van der Waals surface area contributed by atoms with Gasteiger partial charge in [0.15, 0.2) is 11.6 Å². The number of hydrogen-bond acceptors (Lipinski definition) is 6. The average Bonchev–Trinajstić information content (AvgIpc) is 2.62. The minimum atomic E-state index is 0.165. The lowest BCUT2D eigenvalue weighted by atomic mass is 10.3. The minimum Gasteiger partial charge on any atom is -0.368 e. The van der Waals surface area contributed by atoms with Crippen molar-refractivity contribution in [2.45, 2.75) is 20.3 Å². The van der Waals surface area contributed by atoms with Crippen LogP contribution in [0.3, 0.4) is 0 Å². The summed E-state index contributed by atoms with van der Waals surface area (Å²) in [6, 6.07) is 0. The predicted octanol–water partition coefficient (Wildman–Crippen LogP) is 1.35. The van der Waals surface area contributed by atoms with Crippen molar-refractivity contribution in [2.24, 2.45) is 0 Å². The maximum atomic E-state index is 11.7. The number of carbonyl (C=O) groups is 1. The van der Waals surface area contributed by atoms with E-state index in [0.29, 0.717) is 17.3 Å². The molecule has 1 aliphatic heterocycles. The van der Waals surface area contributed by atoms with Gasteiger partial charge in [0.05, 0.1) is 6.54 Å². The zero-order valence-corrected chi connectivity index (χ0v) is 14.9. The molecule has 1 amide bonds. The van der Waals surface area contributed by atoms with Crippen LogP contribution in [-0.4, -0.2) is 55.6 Å². The highest BCUT2D eigenvalue weighted by molar-refractivity contribution is 6.28. The summed E-state index contributed by atoms with van der Waals surface area (Å²) in [6.07, 6.45) is 1.69. The number of aromatic nitrogens is 2. The van der Waals surface area contributed by atoms with Gasteiger partial charge in [0.1, 0.15) is 5.69 Å². The number of carbonyl (C=O) groups excluding carboxylic acids is 1. The van der Waals surface area contributed by atoms with Gasteiger partial charge in [-0.15, -0.1) is 5.92 Å². The van der Waals surface area contributed by atoms with Gasteiger partial charge in [0, 0.05) is 32.7 Å². The third kappa shape index (κ3) is 4.49. The largest absolute Gasteiger partial charge is 0.368 e. The summed E-state index contributed by atoms with van der Waals surface area (Å²) in [5.41, 5.74) is 0.632. The Balaban J connectivity index is 2.49. The summed E-state index contributed by atoms with van der Waals surface area (Å²) in [4.78, 5) is 24.0. The van der Waals surface area contributed by atoms with E-state index in [4.69, 9.17) is 11.6 Å². The van der Waals surface area contributed by atoms with Crippen molar-refractivity contribution in [1.29, 1.82) is 0 Å². The Hall–Kier alpha value is -2.04. The Kier molecular flexibility index (Phi) is 7.09. The zero-order chi connectivity index (χ0) is 17.4. The molecule has 1 aromatic heterocycles. The lowest BCUT2D eigenvalue weighted by Crippen LogP contribution is -2.44. The Morgan fingerprint density at radius 1 is 1.42 bits per heavy atom. The summed E-state index contributed by atoms with van der Waals surface area (Å²) in [6.45, 7) is 8.11. The molecule has 0 saturated carbocycles. The molecule has 0 aromatic carbocycles. The minimum absolute atomic E-state index is 0.165. The molecule has 2 rings (SSSR count). The maximum absolute atomic E-state index is 11.7. The number of amides is 1. The molecule has 0 aliphatic carbocycles. The molecule has 7 nitrogen and oxygen atoms in total. The first-order chi connectivity index (χ1) is 11.7. The van der Waals surface area contributed by atoms with Crippen molar-refractivity contribution in [1.82, 2.24) is 15.3 Å². The van der Waals surface area contributed by atoms with Crippen LogP contribution in [0.4, 0.5) is 17.3 Å². The van der Waals surface area contributed by atoms with E-state index in [2.05, 4.69) is 44.3 Å². The number of nitrogens with zero attached hydrogens (tertiary/aromatic N) is 4. The van der Waals surface area contributed by atoms with Crippen molar-refractivity contribution < 1.29 is 4.79 Å². The molecule has 8 heteroatoms. The van der Waals surface area contributed by atoms with Crippen LogP contribution in [0.1, 0.15) is 20.3 Å². The number of rotatable bonds is 7. The van der Waals surface area contributed by atoms with Gasteiger partial charge in [-0.3, -0.25) is 9.69 Å². The van der Waals surface area contributed by atoms with Gasteiger partial charge >= 0.3 is 0 Å². The molecule has 24 heavy (non-hydrogen) atoms. The monoisotopic (exact) mass is 350 g/mol. The van der Waals surface area contributed by atoms with Crippen molar-refractivity contribution in [3.63, 3.8) is 0 Å². The van der Waals surface area contributed by atoms with Crippen LogP contribution in [0.2, 0.25) is 5.28 Å². The molecule has 130 valence electrons. The fraction of sp³-hybridized carbons (Fsp3) is 0.562. The third-order valence-corrected chi connectivity index (χ3v) is 3.81. The first-order valence-electron chi connectivity index (χ1n) is 8.09. The summed E-state index contributed by atoms with van der Waals surface area (Å²) >= 11 is 6.13. The van der Waals surface area contributed by atoms with Crippen LogP contribution >= 0.6 is 11.6 Å². The fourth-order valence-corrected chi connectivity index (χ4v) is 2.64. The molecular formula is C16H23ClN6O. The molecule has 0 atom stereocenters. The summed E-state index contributed by atoms with van der Waals surface area (Å²) in [5, 5.41) is 6.72. The van der Waals surface area contributed by atoms with Crippen LogP contribution in [-0.2, 0) is 4.79 Å². The van der Waals surface area contributed by atoms with E-state index in [1.54, 1.807) is 6.92 Å². The topological polar surface area (TPSA) is 73.4 Å². The first kappa shape index (κ1) is 18.3. The van der Waals surface area contributed by atoms with E-state index >= 15 is 0 Å². The van der Waals surface area contributed by atoms with Gasteiger partial charge in [-0.05, 0) is 24.9 Å². The van der Waals surface area contributed by atoms with Crippen LogP contribution < -0.4 is 20.4 Å². The molecule has 1 aromatic rings. The van der Waals surface area contributed by atoms with Crippen LogP contribution in [0.15, 0.2) is 0 Å². The molecule has 1 saturated heterocycles. The second kappa shape index (κ2) is 9.30. The number of piperazine rings is 1. The molecule has 0 radical (unpaired) electrons. The maximum Gasteiger partial charge on any atom is 0.226 e. The number of nitrogens with one attached hydrogen (secondary N) is 2. The van der Waals surface area contributed by atoms with Gasteiger partial charge in [0.2, 0.25) is 11.7 Å². The van der Waals surface area contributed by atoms with Crippen molar-refractivity contribution in [3.05, 3.63) is 5.28 Å². The zero-order valence-electron chi connectivity index (χ0n) is 14.1. The van der Waals surface area contributed by atoms with Gasteiger partial charge in [-0.2, -0.15) is 9.97 Å². The summed E-state index contributed by atoms with van der Waals surface area (Å²) in [7, 11) is 0. The normalized spacial score (nSPS) is 13.9. The van der Waals surface area contributed by atoms with Gasteiger partial charge < -0.3 is 15.5 Å². The number of halogens is 1. The third-order valence-electron chi connectivity index (χ3n) is 3.64. The molecule has 2 heterocycles. The van der Waals surface area contributed by atoms with E-state index in [1.165, 1.54) is 4.90 Å². The Morgan fingerprint density at radius 2 is 2.17 bits per heavy atom. The number of hydrogen-bond donors (Lipinski definition) is 2. The van der Waals surface area contributed by atoms with Crippen LogP contribution in [0, 0.1) is 11.8 Å². The highest BCUT2D eigenvalue weighted by Crippen LogP contribution is 2.34. The standard InChI is InChI=1S/C16H23ClN6O/c1-3-5-9-23(12-24)13-14(19-6-4-2)20-16(17)21-15(13)22-10-7-18-8-11-22/h12,18H,4,6-11H2,1-2H3,(H,19,20,21). The van der Waals surface area contributed by atoms with Crippen molar-refractivity contribution in [3.8, 4) is 11.8 Å². The van der Waals surface area contributed by atoms with Gasteiger partial charge in [-0.1, -0.05) is 12.8 Å². The van der Waals surface area contributed by atoms with E-state index in [0.717, 1.165) is 45.6 Å². The molecule has 1 fully saturated rings. The molecule has 0 spiro atoms. The quantitative estimate of drug-likeness (QED) is 0.439. The number of anilines is 3. The molecule has 0 unspecified atom stereocenters. The Labute approximate surface area is 147 Å². The smallest absolute Gasteiger partial charge is 0.226 e. The van der Waals surface area contributed by atoms with Crippen molar-refractivity contribution in [2.75, 3.05) is 54.4 Å². The highest BCUT2D eigenvalue weighted by Gasteiger charge is 2.24. The average molecular weight is 351 g/mol. The second-order valence-electron chi connectivity index (χ2n) is 5.34.